The second-order valence-corrected chi connectivity index (χ2v) is 9.59. The van der Waals surface area contributed by atoms with Gasteiger partial charge in [-0.2, -0.15) is 4.31 Å². The Morgan fingerprint density at radius 1 is 1.13 bits per heavy atom. The Balaban J connectivity index is 1.66. The second kappa shape index (κ2) is 8.97. The highest BCUT2D eigenvalue weighted by Crippen LogP contribution is 2.25. The van der Waals surface area contributed by atoms with Gasteiger partial charge in [0, 0.05) is 43.6 Å². The lowest BCUT2D eigenvalue weighted by atomic mass is 9.98. The molecule has 0 bridgehead atoms. The number of nitrogens with zero attached hydrogens (tertiary/aromatic N) is 3. The highest BCUT2D eigenvalue weighted by molar-refractivity contribution is 7.89. The first-order valence-corrected chi connectivity index (χ1v) is 11.3. The number of anilines is 2. The van der Waals surface area contributed by atoms with Crippen LogP contribution in [0.2, 0.25) is 0 Å². The molecule has 2 amide bonds. The van der Waals surface area contributed by atoms with Gasteiger partial charge in [-0.15, -0.1) is 0 Å². The highest BCUT2D eigenvalue weighted by atomic mass is 32.2. The minimum atomic E-state index is -3.75. The van der Waals surface area contributed by atoms with Gasteiger partial charge in [0.1, 0.15) is 0 Å². The van der Waals surface area contributed by atoms with Gasteiger partial charge in [-0.05, 0) is 51.0 Å². The molecular formula is C20H27N5O4S. The number of carbonyl (C=O) groups excluding carboxylic acids is 2. The third kappa shape index (κ3) is 5.06. The fourth-order valence-electron chi connectivity index (χ4n) is 3.32. The van der Waals surface area contributed by atoms with Crippen molar-refractivity contribution in [2.45, 2.75) is 44.7 Å². The average molecular weight is 434 g/mol. The van der Waals surface area contributed by atoms with Crippen LogP contribution in [-0.4, -0.2) is 47.2 Å². The van der Waals surface area contributed by atoms with E-state index in [-0.39, 0.29) is 29.4 Å². The maximum absolute atomic E-state index is 13.0. The number of amides is 2. The Morgan fingerprint density at radius 2 is 1.77 bits per heavy atom. The summed E-state index contributed by atoms with van der Waals surface area (Å²) in [4.78, 5) is 27.9. The van der Waals surface area contributed by atoms with Crippen LogP contribution in [-0.2, 0) is 19.6 Å². The number of carbonyl (C=O) groups is 2. The lowest BCUT2D eigenvalue weighted by Crippen LogP contribution is -2.43. The molecule has 0 radical (unpaired) electrons. The van der Waals surface area contributed by atoms with Crippen LogP contribution >= 0.6 is 0 Å². The predicted octanol–water partition coefficient (Wildman–Crippen LogP) is 2.46. The zero-order valence-corrected chi connectivity index (χ0v) is 18.1. The molecule has 1 fully saturated rings. The van der Waals surface area contributed by atoms with Gasteiger partial charge in [0.2, 0.25) is 11.8 Å². The number of aromatic nitrogens is 2. The molecule has 2 aromatic rings. The third-order valence-electron chi connectivity index (χ3n) is 5.01. The number of imidazole rings is 1. The Kier molecular flexibility index (Phi) is 6.57. The fourth-order valence-corrected chi connectivity index (χ4v) is 4.77. The number of hydrogen-bond acceptors (Lipinski definition) is 5. The Bertz CT molecular complexity index is 1010. The summed E-state index contributed by atoms with van der Waals surface area (Å²) in [6.45, 7) is 5.80. The van der Waals surface area contributed by atoms with Gasteiger partial charge in [0.15, 0.2) is 5.03 Å². The van der Waals surface area contributed by atoms with Crippen molar-refractivity contribution < 1.29 is 18.0 Å². The molecule has 1 aliphatic heterocycles. The maximum atomic E-state index is 13.0. The van der Waals surface area contributed by atoms with Crippen molar-refractivity contribution in [1.82, 2.24) is 13.9 Å². The molecule has 30 heavy (non-hydrogen) atoms. The molecule has 1 atom stereocenters. The van der Waals surface area contributed by atoms with Crippen molar-refractivity contribution in [3.63, 3.8) is 0 Å². The first kappa shape index (κ1) is 22.0. The molecule has 9 nitrogen and oxygen atoms in total. The number of sulfonamides is 1. The molecule has 0 saturated carbocycles. The first-order chi connectivity index (χ1) is 14.2. The van der Waals surface area contributed by atoms with E-state index in [2.05, 4.69) is 15.6 Å². The molecule has 1 aromatic carbocycles. The summed E-state index contributed by atoms with van der Waals surface area (Å²) >= 11 is 0. The molecule has 0 aliphatic carbocycles. The van der Waals surface area contributed by atoms with E-state index in [1.807, 2.05) is 13.8 Å². The Labute approximate surface area is 176 Å². The van der Waals surface area contributed by atoms with Crippen LogP contribution in [0.5, 0.6) is 0 Å². The molecule has 2 heterocycles. The third-order valence-corrected chi connectivity index (χ3v) is 6.76. The van der Waals surface area contributed by atoms with E-state index in [1.165, 1.54) is 23.8 Å². The van der Waals surface area contributed by atoms with Crippen LogP contribution in [0.25, 0.3) is 0 Å². The SMILES string of the molecule is CC(=O)Nc1ccc(NC(=O)C2CCCN(S(=O)(=O)c3cn(C(C)C)cn3)C2)cc1. The maximum Gasteiger partial charge on any atom is 0.262 e. The van der Waals surface area contributed by atoms with Crippen molar-refractivity contribution in [3.05, 3.63) is 36.8 Å². The average Bonchev–Trinajstić information content (AvgIpc) is 3.21. The molecular weight excluding hydrogens is 406 g/mol. The lowest BCUT2D eigenvalue weighted by molar-refractivity contribution is -0.121. The number of benzene rings is 1. The molecule has 2 N–H and O–H groups in total. The van der Waals surface area contributed by atoms with Gasteiger partial charge in [-0.1, -0.05) is 0 Å². The molecule has 1 unspecified atom stereocenters. The van der Waals surface area contributed by atoms with E-state index in [4.69, 9.17) is 0 Å². The summed E-state index contributed by atoms with van der Waals surface area (Å²) in [5, 5.41) is 5.50. The molecule has 1 aromatic heterocycles. The summed E-state index contributed by atoms with van der Waals surface area (Å²) in [5.74, 6) is -0.848. The monoisotopic (exact) mass is 433 g/mol. The highest BCUT2D eigenvalue weighted by Gasteiger charge is 2.34. The standard InChI is InChI=1S/C20H27N5O4S/c1-14(2)24-12-19(21-13-24)30(28,29)25-10-4-5-16(11-25)20(27)23-18-8-6-17(7-9-18)22-15(3)26/h6-9,12-14,16H,4-5,10-11H2,1-3H3,(H,22,26)(H,23,27). The molecule has 10 heteroatoms. The minimum Gasteiger partial charge on any atom is -0.334 e. The fraction of sp³-hybridized carbons (Fsp3) is 0.450. The molecule has 162 valence electrons. The van der Waals surface area contributed by atoms with Gasteiger partial charge in [-0.25, -0.2) is 13.4 Å². The topological polar surface area (TPSA) is 113 Å². The zero-order chi connectivity index (χ0) is 21.9. The van der Waals surface area contributed by atoms with Crippen LogP contribution in [0.3, 0.4) is 0 Å². The van der Waals surface area contributed by atoms with E-state index in [9.17, 15) is 18.0 Å². The van der Waals surface area contributed by atoms with Gasteiger partial charge in [0.25, 0.3) is 10.0 Å². The van der Waals surface area contributed by atoms with Gasteiger partial charge >= 0.3 is 0 Å². The van der Waals surface area contributed by atoms with E-state index >= 15 is 0 Å². The Morgan fingerprint density at radius 3 is 2.33 bits per heavy atom. The van der Waals surface area contributed by atoms with Gasteiger partial charge < -0.3 is 15.2 Å². The van der Waals surface area contributed by atoms with E-state index in [0.29, 0.717) is 30.8 Å². The number of hydrogen-bond donors (Lipinski definition) is 2. The molecule has 1 aliphatic rings. The zero-order valence-electron chi connectivity index (χ0n) is 17.3. The van der Waals surface area contributed by atoms with E-state index < -0.39 is 15.9 Å². The summed E-state index contributed by atoms with van der Waals surface area (Å²) in [5.41, 5.74) is 1.22. The summed E-state index contributed by atoms with van der Waals surface area (Å²) in [6, 6.07) is 6.88. The lowest BCUT2D eigenvalue weighted by Gasteiger charge is -2.30. The van der Waals surface area contributed by atoms with Crippen molar-refractivity contribution in [2.24, 2.45) is 5.92 Å². The van der Waals surface area contributed by atoms with Crippen LogP contribution in [0.15, 0.2) is 41.8 Å². The second-order valence-electron chi connectivity index (χ2n) is 7.70. The number of piperidine rings is 1. The first-order valence-electron chi connectivity index (χ1n) is 9.89. The number of rotatable bonds is 6. The molecule has 0 spiro atoms. The summed E-state index contributed by atoms with van der Waals surface area (Å²) in [7, 11) is -3.75. The van der Waals surface area contributed by atoms with Crippen molar-refractivity contribution in [1.29, 1.82) is 0 Å². The molecule has 3 rings (SSSR count). The van der Waals surface area contributed by atoms with E-state index in [0.717, 1.165) is 0 Å². The predicted molar refractivity (Wildman–Crippen MR) is 113 cm³/mol. The van der Waals surface area contributed by atoms with Crippen LogP contribution in [0.4, 0.5) is 11.4 Å². The van der Waals surface area contributed by atoms with Crippen LogP contribution in [0.1, 0.15) is 39.7 Å². The van der Waals surface area contributed by atoms with Crippen molar-refractivity contribution in [2.75, 3.05) is 23.7 Å². The Hall–Kier alpha value is -2.72. The summed E-state index contributed by atoms with van der Waals surface area (Å²) < 4.78 is 29.0. The molecule has 1 saturated heterocycles. The minimum absolute atomic E-state index is 0.00539. The van der Waals surface area contributed by atoms with Crippen molar-refractivity contribution >= 4 is 33.2 Å². The van der Waals surface area contributed by atoms with Crippen LogP contribution in [0, 0.1) is 5.92 Å². The van der Waals surface area contributed by atoms with Crippen molar-refractivity contribution in [3.8, 4) is 0 Å². The van der Waals surface area contributed by atoms with Crippen LogP contribution < -0.4 is 10.6 Å². The quantitative estimate of drug-likeness (QED) is 0.726. The van der Waals surface area contributed by atoms with Gasteiger partial charge in [0.05, 0.1) is 12.2 Å². The number of nitrogens with one attached hydrogen (secondary N) is 2. The van der Waals surface area contributed by atoms with Gasteiger partial charge in [-0.3, -0.25) is 9.59 Å². The largest absolute Gasteiger partial charge is 0.334 e. The normalized spacial score (nSPS) is 17.7. The summed E-state index contributed by atoms with van der Waals surface area (Å²) in [6.07, 6.45) is 4.25. The van der Waals surface area contributed by atoms with E-state index in [1.54, 1.807) is 28.8 Å². The smallest absolute Gasteiger partial charge is 0.262 e.